The number of likely N-dealkylation sites (tertiary alicyclic amines) is 1. The topological polar surface area (TPSA) is 90.0 Å². The molecule has 0 aliphatic carbocycles. The summed E-state index contributed by atoms with van der Waals surface area (Å²) in [6.07, 6.45) is 2.39. The molecule has 0 spiro atoms. The second-order valence-corrected chi connectivity index (χ2v) is 4.77. The zero-order chi connectivity index (χ0) is 13.9. The van der Waals surface area contributed by atoms with Crippen LogP contribution in [0.5, 0.6) is 0 Å². The Morgan fingerprint density at radius 2 is 2.05 bits per heavy atom. The monoisotopic (exact) mass is 353 g/mol. The Labute approximate surface area is 131 Å². The standard InChI is InChI=1S/C12H14N6O2.BrH/c19-18(20)11-5-3-4-10(8-11)17-12(13-14-15-17)9-16-6-1-2-7-16;/h3-5,8H,1-2,6-7,9H2;1H/p-1. The van der Waals surface area contributed by atoms with Crippen LogP contribution in [0.1, 0.15) is 18.7 Å². The molecule has 0 amide bonds. The van der Waals surface area contributed by atoms with Crippen molar-refractivity contribution in [1.82, 2.24) is 25.1 Å². The highest BCUT2D eigenvalue weighted by atomic mass is 79.9. The molecular weight excluding hydrogens is 340 g/mol. The maximum absolute atomic E-state index is 10.8. The summed E-state index contributed by atoms with van der Waals surface area (Å²) in [5, 5.41) is 22.5. The van der Waals surface area contributed by atoms with E-state index in [4.69, 9.17) is 0 Å². The molecule has 0 N–H and O–H groups in total. The molecule has 1 saturated heterocycles. The van der Waals surface area contributed by atoms with Gasteiger partial charge in [0.1, 0.15) is 0 Å². The van der Waals surface area contributed by atoms with Gasteiger partial charge in [-0.05, 0) is 42.4 Å². The Morgan fingerprint density at radius 1 is 1.29 bits per heavy atom. The van der Waals surface area contributed by atoms with Crippen LogP contribution in [-0.2, 0) is 6.54 Å². The summed E-state index contributed by atoms with van der Waals surface area (Å²) in [5.41, 5.74) is 0.642. The van der Waals surface area contributed by atoms with E-state index in [2.05, 4.69) is 20.4 Å². The van der Waals surface area contributed by atoms with Crippen LogP contribution in [0.3, 0.4) is 0 Å². The summed E-state index contributed by atoms with van der Waals surface area (Å²) in [5.74, 6) is 0.701. The van der Waals surface area contributed by atoms with Crippen molar-refractivity contribution in [2.24, 2.45) is 0 Å². The lowest BCUT2D eigenvalue weighted by atomic mass is 10.3. The fraction of sp³-hybridized carbons (Fsp3) is 0.417. The Hall–Kier alpha value is -1.87. The quantitative estimate of drug-likeness (QED) is 0.474. The average Bonchev–Trinajstić information content (AvgIpc) is 3.11. The SMILES string of the molecule is O=[N+]([O-])c1cccc(-n2nnnc2CN2CCCC2)c1.[Br-]. The molecule has 8 nitrogen and oxygen atoms in total. The predicted octanol–water partition coefficient (Wildman–Crippen LogP) is -1.83. The molecule has 3 rings (SSSR count). The lowest BCUT2D eigenvalue weighted by Gasteiger charge is -2.13. The first-order valence-corrected chi connectivity index (χ1v) is 6.48. The molecule has 9 heteroatoms. The van der Waals surface area contributed by atoms with Crippen molar-refractivity contribution >= 4 is 5.69 Å². The predicted molar refractivity (Wildman–Crippen MR) is 70.3 cm³/mol. The smallest absolute Gasteiger partial charge is 0.271 e. The normalized spacial score (nSPS) is 14.9. The van der Waals surface area contributed by atoms with Crippen LogP contribution in [0.2, 0.25) is 0 Å². The molecule has 1 aromatic heterocycles. The van der Waals surface area contributed by atoms with Crippen LogP contribution in [0.25, 0.3) is 5.69 Å². The fourth-order valence-electron chi connectivity index (χ4n) is 2.38. The first-order valence-electron chi connectivity index (χ1n) is 6.48. The van der Waals surface area contributed by atoms with Gasteiger partial charge in [0.15, 0.2) is 5.82 Å². The Balaban J connectivity index is 0.00000161. The van der Waals surface area contributed by atoms with Crippen molar-refractivity contribution < 1.29 is 21.9 Å². The molecule has 1 fully saturated rings. The number of rotatable bonds is 4. The van der Waals surface area contributed by atoms with Crippen molar-refractivity contribution in [3.05, 3.63) is 40.2 Å². The molecule has 0 radical (unpaired) electrons. The number of nitro benzene ring substituents is 1. The summed E-state index contributed by atoms with van der Waals surface area (Å²) < 4.78 is 1.56. The number of non-ortho nitro benzene ring substituents is 1. The van der Waals surface area contributed by atoms with Crippen molar-refractivity contribution in [1.29, 1.82) is 0 Å². The lowest BCUT2D eigenvalue weighted by molar-refractivity contribution is -0.384. The van der Waals surface area contributed by atoms with E-state index in [1.54, 1.807) is 16.8 Å². The molecule has 0 unspecified atom stereocenters. The highest BCUT2D eigenvalue weighted by Crippen LogP contribution is 2.18. The number of aromatic nitrogens is 4. The second-order valence-electron chi connectivity index (χ2n) is 4.77. The third-order valence-electron chi connectivity index (χ3n) is 3.38. The minimum atomic E-state index is -0.423. The zero-order valence-electron chi connectivity index (χ0n) is 11.2. The molecule has 0 atom stereocenters. The maximum atomic E-state index is 10.8. The van der Waals surface area contributed by atoms with Crippen molar-refractivity contribution in [3.63, 3.8) is 0 Å². The molecule has 0 bridgehead atoms. The second kappa shape index (κ2) is 6.72. The largest absolute Gasteiger partial charge is 1.00 e. The average molecular weight is 354 g/mol. The number of benzene rings is 1. The van der Waals surface area contributed by atoms with Crippen LogP contribution in [0.15, 0.2) is 24.3 Å². The molecule has 0 saturated carbocycles. The van der Waals surface area contributed by atoms with E-state index in [-0.39, 0.29) is 22.7 Å². The van der Waals surface area contributed by atoms with Crippen LogP contribution in [-0.4, -0.2) is 43.1 Å². The van der Waals surface area contributed by atoms with Gasteiger partial charge in [0.25, 0.3) is 5.69 Å². The van der Waals surface area contributed by atoms with Crippen molar-refractivity contribution in [2.75, 3.05) is 13.1 Å². The van der Waals surface area contributed by atoms with E-state index in [1.807, 2.05) is 0 Å². The van der Waals surface area contributed by atoms with E-state index >= 15 is 0 Å². The minimum absolute atomic E-state index is 0. The zero-order valence-corrected chi connectivity index (χ0v) is 12.8. The summed E-state index contributed by atoms with van der Waals surface area (Å²) in [7, 11) is 0. The van der Waals surface area contributed by atoms with E-state index in [0.29, 0.717) is 18.1 Å². The van der Waals surface area contributed by atoms with Crippen LogP contribution >= 0.6 is 0 Å². The number of hydrogen-bond acceptors (Lipinski definition) is 6. The van der Waals surface area contributed by atoms with E-state index in [9.17, 15) is 10.1 Å². The van der Waals surface area contributed by atoms with E-state index in [1.165, 1.54) is 25.0 Å². The first-order chi connectivity index (χ1) is 9.74. The van der Waals surface area contributed by atoms with Gasteiger partial charge in [-0.2, -0.15) is 4.68 Å². The molecule has 1 aliphatic heterocycles. The van der Waals surface area contributed by atoms with Gasteiger partial charge in [-0.25, -0.2) is 0 Å². The third kappa shape index (κ3) is 3.42. The highest BCUT2D eigenvalue weighted by Gasteiger charge is 2.17. The third-order valence-corrected chi connectivity index (χ3v) is 3.38. The molecule has 1 aliphatic rings. The number of tetrazole rings is 1. The van der Waals surface area contributed by atoms with Gasteiger partial charge in [0, 0.05) is 12.1 Å². The summed E-state index contributed by atoms with van der Waals surface area (Å²) in [6, 6.07) is 6.32. The first kappa shape index (κ1) is 15.5. The molecule has 2 aromatic rings. The Morgan fingerprint density at radius 3 is 2.76 bits per heavy atom. The molecule has 1 aromatic carbocycles. The van der Waals surface area contributed by atoms with E-state index < -0.39 is 4.92 Å². The molecule has 112 valence electrons. The van der Waals surface area contributed by atoms with Gasteiger partial charge in [-0.3, -0.25) is 15.0 Å². The number of nitro groups is 1. The molecule has 2 heterocycles. The summed E-state index contributed by atoms with van der Waals surface area (Å²) >= 11 is 0. The molecule has 21 heavy (non-hydrogen) atoms. The van der Waals surface area contributed by atoms with Crippen LogP contribution in [0, 0.1) is 10.1 Å². The van der Waals surface area contributed by atoms with Gasteiger partial charge < -0.3 is 17.0 Å². The minimum Gasteiger partial charge on any atom is -1.00 e. The van der Waals surface area contributed by atoms with Gasteiger partial charge in [-0.15, -0.1) is 5.10 Å². The van der Waals surface area contributed by atoms with Gasteiger partial charge in [-0.1, -0.05) is 6.07 Å². The summed E-state index contributed by atoms with van der Waals surface area (Å²) in [4.78, 5) is 12.7. The maximum Gasteiger partial charge on any atom is 0.271 e. The van der Waals surface area contributed by atoms with Gasteiger partial charge in [0.2, 0.25) is 0 Å². The fourth-order valence-corrected chi connectivity index (χ4v) is 2.38. The highest BCUT2D eigenvalue weighted by molar-refractivity contribution is 5.42. The van der Waals surface area contributed by atoms with Crippen molar-refractivity contribution in [2.45, 2.75) is 19.4 Å². The molecular formula is C12H14BrN6O2-. The van der Waals surface area contributed by atoms with E-state index in [0.717, 1.165) is 13.1 Å². The lowest BCUT2D eigenvalue weighted by Crippen LogP contribution is -3.00. The number of nitrogens with zero attached hydrogens (tertiary/aromatic N) is 6. The Bertz CT molecular complexity index is 626. The Kier molecular flexibility index (Phi) is 4.97. The van der Waals surface area contributed by atoms with Crippen molar-refractivity contribution in [3.8, 4) is 5.69 Å². The van der Waals surface area contributed by atoms with Crippen LogP contribution < -0.4 is 17.0 Å². The van der Waals surface area contributed by atoms with Gasteiger partial charge in [0.05, 0.1) is 17.2 Å². The van der Waals surface area contributed by atoms with Gasteiger partial charge >= 0.3 is 0 Å². The number of halogens is 1. The number of hydrogen-bond donors (Lipinski definition) is 0. The van der Waals surface area contributed by atoms with Crippen LogP contribution in [0.4, 0.5) is 5.69 Å². The summed E-state index contributed by atoms with van der Waals surface area (Å²) in [6.45, 7) is 2.75.